The summed E-state index contributed by atoms with van der Waals surface area (Å²) in [6.07, 6.45) is 0.438. The van der Waals surface area contributed by atoms with Crippen LogP contribution in [0, 0.1) is 0 Å². The van der Waals surface area contributed by atoms with E-state index in [1.54, 1.807) is 0 Å². The maximum absolute atomic E-state index is 11.2. The Hall–Kier alpha value is -1.39. The third-order valence-corrected chi connectivity index (χ3v) is 2.79. The number of hydrogen-bond donors (Lipinski definition) is 3. The van der Waals surface area contributed by atoms with Gasteiger partial charge < -0.3 is 15.7 Å². The second-order valence-corrected chi connectivity index (χ2v) is 3.93. The molecule has 0 spiro atoms. The average Bonchev–Trinajstić information content (AvgIpc) is 2.64. The highest BCUT2D eigenvalue weighted by Gasteiger charge is 2.19. The van der Waals surface area contributed by atoms with Gasteiger partial charge in [-0.05, 0) is 23.7 Å². The predicted molar refractivity (Wildman–Crippen MR) is 62.3 cm³/mol. The minimum Gasteiger partial charge on any atom is -0.394 e. The minimum atomic E-state index is -0.0500. The Kier molecular flexibility index (Phi) is 3.22. The molecular weight excluding hydrogens is 204 g/mol. The van der Waals surface area contributed by atoms with E-state index < -0.39 is 0 Å². The average molecular weight is 220 g/mol. The first-order chi connectivity index (χ1) is 7.74. The van der Waals surface area contributed by atoms with E-state index in [0.29, 0.717) is 6.42 Å². The molecule has 1 unspecified atom stereocenters. The maximum atomic E-state index is 11.2. The normalized spacial score (nSPS) is 15.8. The summed E-state index contributed by atoms with van der Waals surface area (Å²) in [7, 11) is 0. The summed E-state index contributed by atoms with van der Waals surface area (Å²) in [5, 5.41) is 15.3. The number of nitrogens with one attached hydrogen (secondary N) is 2. The van der Waals surface area contributed by atoms with Gasteiger partial charge in [-0.2, -0.15) is 0 Å². The van der Waals surface area contributed by atoms with Gasteiger partial charge in [-0.1, -0.05) is 19.1 Å². The molecule has 1 aromatic rings. The second kappa shape index (κ2) is 4.63. The third kappa shape index (κ3) is 2.08. The van der Waals surface area contributed by atoms with Crippen LogP contribution in [0.15, 0.2) is 18.2 Å². The Morgan fingerprint density at radius 3 is 3.06 bits per heavy atom. The van der Waals surface area contributed by atoms with Gasteiger partial charge in [0, 0.05) is 5.69 Å². The zero-order valence-corrected chi connectivity index (χ0v) is 9.29. The molecule has 0 bridgehead atoms. The highest BCUT2D eigenvalue weighted by atomic mass is 16.3. The van der Waals surface area contributed by atoms with Gasteiger partial charge >= 0.3 is 0 Å². The Morgan fingerprint density at radius 1 is 1.56 bits per heavy atom. The number of carbonyl (C=O) groups is 1. The lowest BCUT2D eigenvalue weighted by atomic mass is 10.0. The topological polar surface area (TPSA) is 61.4 Å². The molecule has 3 N–H and O–H groups in total. The highest BCUT2D eigenvalue weighted by Crippen LogP contribution is 2.26. The van der Waals surface area contributed by atoms with E-state index in [-0.39, 0.29) is 18.6 Å². The Labute approximate surface area is 94.7 Å². The van der Waals surface area contributed by atoms with Crippen LogP contribution in [-0.4, -0.2) is 24.2 Å². The van der Waals surface area contributed by atoms with Crippen molar-refractivity contribution in [1.82, 2.24) is 5.32 Å². The molecular formula is C12H16N2O2. The Morgan fingerprint density at radius 2 is 2.38 bits per heavy atom. The molecule has 1 heterocycles. The van der Waals surface area contributed by atoms with Crippen molar-refractivity contribution in [3.63, 3.8) is 0 Å². The largest absolute Gasteiger partial charge is 0.394 e. The van der Waals surface area contributed by atoms with Crippen molar-refractivity contribution in [3.8, 4) is 0 Å². The molecule has 2 rings (SSSR count). The molecule has 16 heavy (non-hydrogen) atoms. The van der Waals surface area contributed by atoms with Crippen LogP contribution >= 0.6 is 0 Å². The van der Waals surface area contributed by atoms with Crippen molar-refractivity contribution >= 4 is 11.6 Å². The molecule has 1 amide bonds. The molecule has 0 aliphatic carbocycles. The summed E-state index contributed by atoms with van der Waals surface area (Å²) >= 11 is 0. The number of amides is 1. The van der Waals surface area contributed by atoms with Crippen LogP contribution in [0.4, 0.5) is 5.69 Å². The number of likely N-dealkylation sites (N-methyl/N-ethyl adjacent to an activating group) is 1. The second-order valence-electron chi connectivity index (χ2n) is 3.93. The third-order valence-electron chi connectivity index (χ3n) is 2.79. The van der Waals surface area contributed by atoms with Gasteiger partial charge in [-0.3, -0.25) is 4.79 Å². The number of rotatable bonds is 4. The van der Waals surface area contributed by atoms with Crippen LogP contribution in [0.25, 0.3) is 0 Å². The summed E-state index contributed by atoms with van der Waals surface area (Å²) in [6.45, 7) is 2.87. The van der Waals surface area contributed by atoms with Crippen molar-refractivity contribution < 1.29 is 9.90 Å². The molecule has 0 saturated carbocycles. The van der Waals surface area contributed by atoms with Crippen LogP contribution < -0.4 is 10.6 Å². The van der Waals surface area contributed by atoms with E-state index in [2.05, 4.69) is 10.6 Å². The molecule has 1 atom stereocenters. The Balaban J connectivity index is 2.24. The fourth-order valence-corrected chi connectivity index (χ4v) is 2.00. The number of benzene rings is 1. The van der Waals surface area contributed by atoms with Crippen LogP contribution in [0.5, 0.6) is 0 Å². The summed E-state index contributed by atoms with van der Waals surface area (Å²) in [4.78, 5) is 11.2. The lowest BCUT2D eigenvalue weighted by molar-refractivity contribution is -0.115. The number of hydrogen-bond acceptors (Lipinski definition) is 3. The molecule has 4 nitrogen and oxygen atoms in total. The first-order valence-electron chi connectivity index (χ1n) is 5.51. The molecule has 1 aromatic carbocycles. The van der Waals surface area contributed by atoms with E-state index in [0.717, 1.165) is 23.4 Å². The molecule has 0 radical (unpaired) electrons. The van der Waals surface area contributed by atoms with E-state index in [9.17, 15) is 9.90 Å². The molecule has 4 heteroatoms. The van der Waals surface area contributed by atoms with Crippen molar-refractivity contribution in [3.05, 3.63) is 29.3 Å². The number of aliphatic hydroxyl groups is 1. The fourth-order valence-electron chi connectivity index (χ4n) is 2.00. The minimum absolute atomic E-state index is 0.0381. The zero-order valence-electron chi connectivity index (χ0n) is 9.29. The van der Waals surface area contributed by atoms with Gasteiger partial charge in [0.1, 0.15) is 0 Å². The number of fused-ring (bicyclic) bond motifs is 1. The first-order valence-corrected chi connectivity index (χ1v) is 5.51. The molecule has 0 saturated heterocycles. The zero-order chi connectivity index (χ0) is 11.5. The van der Waals surface area contributed by atoms with Gasteiger partial charge in [0.2, 0.25) is 5.91 Å². The highest BCUT2D eigenvalue weighted by molar-refractivity contribution is 5.99. The monoisotopic (exact) mass is 220 g/mol. The molecule has 0 aromatic heterocycles. The van der Waals surface area contributed by atoms with Crippen LogP contribution in [0.2, 0.25) is 0 Å². The van der Waals surface area contributed by atoms with Gasteiger partial charge in [0.25, 0.3) is 0 Å². The molecule has 86 valence electrons. The number of carbonyl (C=O) groups excluding carboxylic acids is 1. The van der Waals surface area contributed by atoms with Crippen molar-refractivity contribution in [2.24, 2.45) is 0 Å². The predicted octanol–water partition coefficient (Wildman–Crippen LogP) is 0.824. The molecule has 0 fully saturated rings. The lowest BCUT2D eigenvalue weighted by Gasteiger charge is -2.16. The summed E-state index contributed by atoms with van der Waals surface area (Å²) in [5.41, 5.74) is 2.93. The molecule has 1 aliphatic rings. The van der Waals surface area contributed by atoms with E-state index in [1.165, 1.54) is 0 Å². The Bertz CT molecular complexity index is 404. The molecule has 1 aliphatic heterocycles. The van der Waals surface area contributed by atoms with Crippen molar-refractivity contribution in [2.75, 3.05) is 18.5 Å². The van der Waals surface area contributed by atoms with Crippen molar-refractivity contribution in [1.29, 1.82) is 0 Å². The maximum Gasteiger partial charge on any atom is 0.228 e. The quantitative estimate of drug-likeness (QED) is 0.704. The van der Waals surface area contributed by atoms with E-state index in [4.69, 9.17) is 0 Å². The van der Waals surface area contributed by atoms with Crippen LogP contribution in [0.3, 0.4) is 0 Å². The van der Waals surface area contributed by atoms with E-state index >= 15 is 0 Å². The first kappa shape index (κ1) is 11.1. The van der Waals surface area contributed by atoms with Gasteiger partial charge in [0.05, 0.1) is 19.1 Å². The van der Waals surface area contributed by atoms with Crippen LogP contribution in [-0.2, 0) is 11.2 Å². The number of aliphatic hydroxyl groups excluding tert-OH is 1. The van der Waals surface area contributed by atoms with Gasteiger partial charge in [-0.15, -0.1) is 0 Å². The summed E-state index contributed by atoms with van der Waals surface area (Å²) in [6, 6.07) is 5.77. The standard InChI is InChI=1S/C12H16N2O2/c1-2-13-11(7-15)8-3-4-10-9(5-8)6-12(16)14-10/h3-5,11,13,15H,2,6-7H2,1H3,(H,14,16). The SMILES string of the molecule is CCNC(CO)c1ccc2c(c1)CC(=O)N2. The van der Waals surface area contributed by atoms with Crippen LogP contribution in [0.1, 0.15) is 24.1 Å². The smallest absolute Gasteiger partial charge is 0.228 e. The lowest BCUT2D eigenvalue weighted by Crippen LogP contribution is -2.23. The summed E-state index contributed by atoms with van der Waals surface area (Å²) in [5.74, 6) is 0.0381. The van der Waals surface area contributed by atoms with Gasteiger partial charge in [0.15, 0.2) is 0 Å². The number of anilines is 1. The fraction of sp³-hybridized carbons (Fsp3) is 0.417. The summed E-state index contributed by atoms with van der Waals surface area (Å²) < 4.78 is 0. The van der Waals surface area contributed by atoms with Crippen molar-refractivity contribution in [2.45, 2.75) is 19.4 Å². The van der Waals surface area contributed by atoms with E-state index in [1.807, 2.05) is 25.1 Å². The van der Waals surface area contributed by atoms with Gasteiger partial charge in [-0.25, -0.2) is 0 Å².